The fourth-order valence-corrected chi connectivity index (χ4v) is 0.766. The van der Waals surface area contributed by atoms with E-state index in [1.165, 1.54) is 12.8 Å². The summed E-state index contributed by atoms with van der Waals surface area (Å²) in [5, 5.41) is 3.11. The fraction of sp³-hybridized carbons (Fsp3) is 1.00. The van der Waals surface area contributed by atoms with Crippen LogP contribution in [-0.4, -0.2) is 12.2 Å². The molecule has 42 valence electrons. The van der Waals surface area contributed by atoms with Crippen LogP contribution in [-0.2, 0) is 0 Å². The lowest BCUT2D eigenvalue weighted by Crippen LogP contribution is -2.05. The first-order chi connectivity index (χ1) is 3.34. The van der Waals surface area contributed by atoms with E-state index in [9.17, 15) is 0 Å². The van der Waals surface area contributed by atoms with E-state index in [-0.39, 0.29) is 0 Å². The Kier molecular flexibility index (Phi) is 1.30. The molecule has 1 rings (SSSR count). The summed E-state index contributed by atoms with van der Waals surface area (Å²) in [6, 6.07) is 0.644. The Morgan fingerprint density at radius 3 is 2.43 bits per heavy atom. The van der Waals surface area contributed by atoms with Gasteiger partial charge in [0.25, 0.3) is 0 Å². The monoisotopic (exact) mass is 100 g/mol. The lowest BCUT2D eigenvalue weighted by atomic mass is 10.2. The highest BCUT2D eigenvalue weighted by Gasteiger charge is 2.30. The molecule has 3 N–H and O–H groups in total. The van der Waals surface area contributed by atoms with Gasteiger partial charge in [-0.2, -0.15) is 0 Å². The molecule has 1 heterocycles. The van der Waals surface area contributed by atoms with Crippen LogP contribution >= 0.6 is 0 Å². The van der Waals surface area contributed by atoms with Gasteiger partial charge in [-0.3, -0.25) is 5.32 Å². The molecule has 0 aromatic rings. The van der Waals surface area contributed by atoms with Gasteiger partial charge in [-0.1, -0.05) is 13.3 Å². The second kappa shape index (κ2) is 1.80. The zero-order valence-electron chi connectivity index (χ0n) is 4.65. The summed E-state index contributed by atoms with van der Waals surface area (Å²) in [7, 11) is 0. The Balaban J connectivity index is 1.98. The minimum absolute atomic E-state index is 0.319. The molecule has 0 bridgehead atoms. The van der Waals surface area contributed by atoms with E-state index >= 15 is 0 Å². The molecule has 0 amide bonds. The summed E-state index contributed by atoms with van der Waals surface area (Å²) in [5.74, 6) is 0. The van der Waals surface area contributed by atoms with Gasteiger partial charge < -0.3 is 5.73 Å². The van der Waals surface area contributed by atoms with E-state index in [0.29, 0.717) is 12.2 Å². The van der Waals surface area contributed by atoms with Crippen LogP contribution < -0.4 is 11.1 Å². The lowest BCUT2D eigenvalue weighted by Gasteiger charge is -1.84. The maximum atomic E-state index is 5.44. The van der Waals surface area contributed by atoms with E-state index in [2.05, 4.69) is 12.2 Å². The molecule has 0 spiro atoms. The van der Waals surface area contributed by atoms with E-state index in [0.717, 1.165) is 0 Å². The van der Waals surface area contributed by atoms with E-state index < -0.39 is 0 Å². The van der Waals surface area contributed by atoms with Crippen molar-refractivity contribution in [3.63, 3.8) is 0 Å². The largest absolute Gasteiger partial charge is 0.315 e. The van der Waals surface area contributed by atoms with E-state index in [1.807, 2.05) is 0 Å². The third kappa shape index (κ3) is 1.14. The topological polar surface area (TPSA) is 48.0 Å². The van der Waals surface area contributed by atoms with Crippen molar-refractivity contribution in [2.24, 2.45) is 5.73 Å². The second-order valence-electron chi connectivity index (χ2n) is 2.09. The van der Waals surface area contributed by atoms with Crippen molar-refractivity contribution in [3.05, 3.63) is 0 Å². The van der Waals surface area contributed by atoms with Gasteiger partial charge in [0, 0.05) is 6.04 Å². The summed E-state index contributed by atoms with van der Waals surface area (Å²) < 4.78 is 0. The van der Waals surface area contributed by atoms with E-state index in [1.54, 1.807) is 0 Å². The third-order valence-electron chi connectivity index (χ3n) is 1.33. The fourth-order valence-electron chi connectivity index (χ4n) is 0.766. The normalized spacial score (nSPS) is 38.6. The first-order valence-corrected chi connectivity index (χ1v) is 2.86. The average Bonchev–Trinajstić information content (AvgIpc) is 2.22. The Morgan fingerprint density at radius 2 is 2.29 bits per heavy atom. The molecular formula is C5H12N2. The standard InChI is InChI=1S/C5H12N2/c1-2-3-4-5(6)7-4/h4-5,7H,2-3,6H2,1H3. The van der Waals surface area contributed by atoms with Gasteiger partial charge in [0.15, 0.2) is 0 Å². The molecule has 2 nitrogen and oxygen atoms in total. The summed E-state index contributed by atoms with van der Waals surface area (Å²) >= 11 is 0. The van der Waals surface area contributed by atoms with Gasteiger partial charge in [0.1, 0.15) is 0 Å². The van der Waals surface area contributed by atoms with Crippen molar-refractivity contribution in [1.29, 1.82) is 0 Å². The van der Waals surface area contributed by atoms with Crippen molar-refractivity contribution < 1.29 is 0 Å². The minimum atomic E-state index is 0.319. The molecule has 0 aliphatic carbocycles. The minimum Gasteiger partial charge on any atom is -0.315 e. The zero-order chi connectivity index (χ0) is 5.28. The summed E-state index contributed by atoms with van der Waals surface area (Å²) in [5.41, 5.74) is 5.44. The van der Waals surface area contributed by atoms with Crippen LogP contribution in [0.4, 0.5) is 0 Å². The average molecular weight is 100 g/mol. The molecule has 1 fully saturated rings. The number of nitrogens with two attached hydrogens (primary N) is 1. The highest BCUT2D eigenvalue weighted by molar-refractivity contribution is 4.92. The van der Waals surface area contributed by atoms with Crippen molar-refractivity contribution in [1.82, 2.24) is 5.32 Å². The van der Waals surface area contributed by atoms with Gasteiger partial charge in [-0.05, 0) is 6.42 Å². The molecular weight excluding hydrogens is 88.1 g/mol. The number of rotatable bonds is 2. The third-order valence-corrected chi connectivity index (χ3v) is 1.33. The molecule has 2 atom stereocenters. The van der Waals surface area contributed by atoms with E-state index in [4.69, 9.17) is 5.73 Å². The predicted octanol–water partition coefficient (Wildman–Crippen LogP) is 0.0431. The molecule has 1 saturated heterocycles. The first-order valence-electron chi connectivity index (χ1n) is 2.86. The molecule has 0 aromatic carbocycles. The molecule has 1 aliphatic rings. The van der Waals surface area contributed by atoms with Crippen LogP contribution in [0.5, 0.6) is 0 Å². The smallest absolute Gasteiger partial charge is 0.0708 e. The Labute approximate surface area is 44.1 Å². The lowest BCUT2D eigenvalue weighted by molar-refractivity contribution is 0.759. The van der Waals surface area contributed by atoms with Gasteiger partial charge in [-0.15, -0.1) is 0 Å². The predicted molar refractivity (Wildman–Crippen MR) is 29.8 cm³/mol. The van der Waals surface area contributed by atoms with Crippen molar-refractivity contribution in [2.45, 2.75) is 32.0 Å². The Hall–Kier alpha value is -0.0800. The SMILES string of the molecule is CCCC1NC1N. The first kappa shape index (κ1) is 5.06. The highest BCUT2D eigenvalue weighted by atomic mass is 15.2. The van der Waals surface area contributed by atoms with Crippen LogP contribution in [0.25, 0.3) is 0 Å². The zero-order valence-corrected chi connectivity index (χ0v) is 4.65. The van der Waals surface area contributed by atoms with Gasteiger partial charge in [0.2, 0.25) is 0 Å². The molecule has 0 aromatic heterocycles. The number of hydrogen-bond donors (Lipinski definition) is 2. The molecule has 2 unspecified atom stereocenters. The second-order valence-corrected chi connectivity index (χ2v) is 2.09. The molecule has 2 heteroatoms. The Morgan fingerprint density at radius 1 is 1.71 bits per heavy atom. The van der Waals surface area contributed by atoms with Crippen LogP contribution in [0.3, 0.4) is 0 Å². The number of hydrogen-bond acceptors (Lipinski definition) is 2. The van der Waals surface area contributed by atoms with Crippen LogP contribution in [0.1, 0.15) is 19.8 Å². The molecule has 0 radical (unpaired) electrons. The maximum absolute atomic E-state index is 5.44. The summed E-state index contributed by atoms with van der Waals surface area (Å²) in [6.45, 7) is 2.17. The van der Waals surface area contributed by atoms with Gasteiger partial charge in [0.05, 0.1) is 6.17 Å². The summed E-state index contributed by atoms with van der Waals surface area (Å²) in [6.07, 6.45) is 2.80. The van der Waals surface area contributed by atoms with Gasteiger partial charge >= 0.3 is 0 Å². The Bertz CT molecular complexity index is 63.1. The quantitative estimate of drug-likeness (QED) is 0.481. The van der Waals surface area contributed by atoms with Crippen LogP contribution in [0.2, 0.25) is 0 Å². The molecule has 7 heavy (non-hydrogen) atoms. The maximum Gasteiger partial charge on any atom is 0.0708 e. The van der Waals surface area contributed by atoms with Crippen molar-refractivity contribution in [3.8, 4) is 0 Å². The van der Waals surface area contributed by atoms with Crippen molar-refractivity contribution in [2.75, 3.05) is 0 Å². The highest BCUT2D eigenvalue weighted by Crippen LogP contribution is 2.09. The van der Waals surface area contributed by atoms with Gasteiger partial charge in [-0.25, -0.2) is 0 Å². The summed E-state index contributed by atoms with van der Waals surface area (Å²) in [4.78, 5) is 0. The van der Waals surface area contributed by atoms with Crippen molar-refractivity contribution >= 4 is 0 Å². The molecule has 1 aliphatic heterocycles. The van der Waals surface area contributed by atoms with Crippen LogP contribution in [0.15, 0.2) is 0 Å². The number of nitrogens with one attached hydrogen (secondary N) is 1. The molecule has 0 saturated carbocycles. The van der Waals surface area contributed by atoms with Crippen LogP contribution in [0, 0.1) is 0 Å².